The Morgan fingerprint density at radius 1 is 0.920 bits per heavy atom. The molecule has 124 valence electrons. The lowest BCUT2D eigenvalue weighted by molar-refractivity contribution is 0.399. The monoisotopic (exact) mass is 372 g/mol. The van der Waals surface area contributed by atoms with Crippen molar-refractivity contribution in [3.05, 3.63) is 58.5 Å². The van der Waals surface area contributed by atoms with Crippen LogP contribution in [0.15, 0.2) is 51.4 Å². The van der Waals surface area contributed by atoms with Crippen LogP contribution in [0.25, 0.3) is 34.2 Å². The van der Waals surface area contributed by atoms with Crippen molar-refractivity contribution in [1.29, 1.82) is 0 Å². The van der Waals surface area contributed by atoms with Gasteiger partial charge < -0.3 is 8.94 Å². The standard InChI is InChI=1S/C17H10Cl2N4O2/c1-9-13(14(23-25-9)10-5-3-2-4-6-10)17-22-21-16(24-17)11-7-8-12(18)20-15(11)19/h2-8H,1H3. The fraction of sp³-hybridized carbons (Fsp3) is 0.0588. The van der Waals surface area contributed by atoms with Crippen molar-refractivity contribution >= 4 is 23.2 Å². The molecule has 4 rings (SSSR count). The number of nitrogens with zero attached hydrogens (tertiary/aromatic N) is 4. The van der Waals surface area contributed by atoms with Gasteiger partial charge in [-0.3, -0.25) is 0 Å². The van der Waals surface area contributed by atoms with Crippen molar-refractivity contribution in [3.8, 4) is 34.2 Å². The second-order valence-electron chi connectivity index (χ2n) is 5.21. The number of aryl methyl sites for hydroxylation is 1. The van der Waals surface area contributed by atoms with Gasteiger partial charge in [-0.25, -0.2) is 4.98 Å². The molecular formula is C17H10Cl2N4O2. The van der Waals surface area contributed by atoms with E-state index in [1.54, 1.807) is 19.1 Å². The van der Waals surface area contributed by atoms with Crippen molar-refractivity contribution in [2.45, 2.75) is 6.92 Å². The highest BCUT2D eigenvalue weighted by Gasteiger charge is 2.23. The Hall–Kier alpha value is -2.70. The van der Waals surface area contributed by atoms with Crippen molar-refractivity contribution in [2.75, 3.05) is 0 Å². The van der Waals surface area contributed by atoms with E-state index in [0.717, 1.165) is 5.56 Å². The largest absolute Gasteiger partial charge is 0.416 e. The van der Waals surface area contributed by atoms with E-state index in [2.05, 4.69) is 20.3 Å². The Kier molecular flexibility index (Phi) is 3.99. The lowest BCUT2D eigenvalue weighted by Gasteiger charge is -1.99. The highest BCUT2D eigenvalue weighted by atomic mass is 35.5. The molecular weight excluding hydrogens is 363 g/mol. The van der Waals surface area contributed by atoms with E-state index in [0.29, 0.717) is 28.5 Å². The molecule has 0 saturated heterocycles. The molecule has 0 aliphatic heterocycles. The topological polar surface area (TPSA) is 77.8 Å². The zero-order chi connectivity index (χ0) is 17.4. The number of rotatable bonds is 3. The summed E-state index contributed by atoms with van der Waals surface area (Å²) in [5.41, 5.74) is 2.66. The van der Waals surface area contributed by atoms with Crippen molar-refractivity contribution < 1.29 is 8.94 Å². The average Bonchev–Trinajstić information content (AvgIpc) is 3.22. The third kappa shape index (κ3) is 2.90. The van der Waals surface area contributed by atoms with Gasteiger partial charge in [-0.15, -0.1) is 10.2 Å². The molecule has 3 aromatic heterocycles. The van der Waals surface area contributed by atoms with Gasteiger partial charge >= 0.3 is 0 Å². The molecule has 0 N–H and O–H groups in total. The minimum Gasteiger partial charge on any atom is -0.416 e. The Balaban J connectivity index is 1.80. The molecule has 0 saturated carbocycles. The Morgan fingerprint density at radius 2 is 1.68 bits per heavy atom. The molecule has 6 nitrogen and oxygen atoms in total. The van der Waals surface area contributed by atoms with Crippen LogP contribution in [0, 0.1) is 6.92 Å². The lowest BCUT2D eigenvalue weighted by atomic mass is 10.1. The normalized spacial score (nSPS) is 11.0. The zero-order valence-corrected chi connectivity index (χ0v) is 14.4. The first-order chi connectivity index (χ1) is 12.1. The molecule has 0 amide bonds. The molecule has 0 radical (unpaired) electrons. The minimum atomic E-state index is 0.188. The highest BCUT2D eigenvalue weighted by Crippen LogP contribution is 2.35. The molecule has 0 spiro atoms. The number of hydrogen-bond donors (Lipinski definition) is 0. The van der Waals surface area contributed by atoms with Crippen LogP contribution in [0.4, 0.5) is 0 Å². The van der Waals surface area contributed by atoms with Gasteiger partial charge in [-0.05, 0) is 19.1 Å². The Bertz CT molecular complexity index is 1040. The third-order valence-corrected chi connectivity index (χ3v) is 4.09. The summed E-state index contributed by atoms with van der Waals surface area (Å²) in [6.45, 7) is 1.79. The summed E-state index contributed by atoms with van der Waals surface area (Å²) in [5.74, 6) is 1.11. The summed E-state index contributed by atoms with van der Waals surface area (Å²) in [6.07, 6.45) is 0. The molecule has 0 aliphatic rings. The van der Waals surface area contributed by atoms with Crippen LogP contribution in [0.1, 0.15) is 5.76 Å². The summed E-state index contributed by atoms with van der Waals surface area (Å²) in [7, 11) is 0. The maximum absolute atomic E-state index is 6.10. The van der Waals surface area contributed by atoms with Gasteiger partial charge in [0, 0.05) is 5.56 Å². The number of pyridine rings is 1. The van der Waals surface area contributed by atoms with Crippen LogP contribution < -0.4 is 0 Å². The maximum Gasteiger partial charge on any atom is 0.254 e. The molecule has 3 heterocycles. The van der Waals surface area contributed by atoms with Crippen molar-refractivity contribution in [3.63, 3.8) is 0 Å². The summed E-state index contributed by atoms with van der Waals surface area (Å²) in [5, 5.41) is 12.8. The van der Waals surface area contributed by atoms with E-state index in [4.69, 9.17) is 32.1 Å². The molecule has 25 heavy (non-hydrogen) atoms. The summed E-state index contributed by atoms with van der Waals surface area (Å²) >= 11 is 11.9. The van der Waals surface area contributed by atoms with Gasteiger partial charge in [0.25, 0.3) is 11.8 Å². The van der Waals surface area contributed by atoms with Crippen LogP contribution in [-0.2, 0) is 0 Å². The van der Waals surface area contributed by atoms with Crippen LogP contribution in [-0.4, -0.2) is 20.3 Å². The first-order valence-electron chi connectivity index (χ1n) is 7.31. The first-order valence-corrected chi connectivity index (χ1v) is 8.07. The summed E-state index contributed by atoms with van der Waals surface area (Å²) < 4.78 is 11.1. The van der Waals surface area contributed by atoms with Crippen LogP contribution in [0.2, 0.25) is 10.3 Å². The number of benzene rings is 1. The van der Waals surface area contributed by atoms with Gasteiger partial charge in [0.05, 0.1) is 5.56 Å². The number of aromatic nitrogens is 4. The molecule has 0 fully saturated rings. The van der Waals surface area contributed by atoms with Crippen LogP contribution >= 0.6 is 23.2 Å². The minimum absolute atomic E-state index is 0.188. The molecule has 0 aliphatic carbocycles. The Labute approximate surface area is 152 Å². The van der Waals surface area contributed by atoms with E-state index < -0.39 is 0 Å². The SMILES string of the molecule is Cc1onc(-c2ccccc2)c1-c1nnc(-c2ccc(Cl)nc2Cl)o1. The maximum atomic E-state index is 6.10. The molecule has 0 unspecified atom stereocenters. The second-order valence-corrected chi connectivity index (χ2v) is 5.96. The zero-order valence-electron chi connectivity index (χ0n) is 12.9. The fourth-order valence-corrected chi connectivity index (χ4v) is 2.85. The molecule has 8 heteroatoms. The van der Waals surface area contributed by atoms with Crippen LogP contribution in [0.3, 0.4) is 0 Å². The van der Waals surface area contributed by atoms with E-state index in [-0.39, 0.29) is 16.2 Å². The molecule has 1 aromatic carbocycles. The quantitative estimate of drug-likeness (QED) is 0.467. The lowest BCUT2D eigenvalue weighted by Crippen LogP contribution is -1.84. The van der Waals surface area contributed by atoms with Crippen LogP contribution in [0.5, 0.6) is 0 Å². The fourth-order valence-electron chi connectivity index (χ4n) is 2.42. The summed E-state index contributed by atoms with van der Waals surface area (Å²) in [6, 6.07) is 12.9. The van der Waals surface area contributed by atoms with E-state index in [1.807, 2.05) is 30.3 Å². The molecule has 4 aromatic rings. The van der Waals surface area contributed by atoms with Gasteiger partial charge in [-0.2, -0.15) is 0 Å². The predicted octanol–water partition coefficient (Wildman–Crippen LogP) is 5.07. The highest BCUT2D eigenvalue weighted by molar-refractivity contribution is 6.34. The number of halogens is 2. The van der Waals surface area contributed by atoms with E-state index >= 15 is 0 Å². The Morgan fingerprint density at radius 3 is 2.44 bits per heavy atom. The van der Waals surface area contributed by atoms with Gasteiger partial charge in [0.2, 0.25) is 0 Å². The molecule has 0 atom stereocenters. The average molecular weight is 373 g/mol. The summed E-state index contributed by atoms with van der Waals surface area (Å²) in [4.78, 5) is 3.98. The van der Waals surface area contributed by atoms with Gasteiger partial charge in [0.15, 0.2) is 0 Å². The predicted molar refractivity (Wildman–Crippen MR) is 93.2 cm³/mol. The van der Waals surface area contributed by atoms with Gasteiger partial charge in [-0.1, -0.05) is 58.7 Å². The van der Waals surface area contributed by atoms with E-state index in [9.17, 15) is 0 Å². The first kappa shape index (κ1) is 15.8. The third-order valence-electron chi connectivity index (χ3n) is 3.59. The smallest absolute Gasteiger partial charge is 0.254 e. The van der Waals surface area contributed by atoms with Crippen molar-refractivity contribution in [1.82, 2.24) is 20.3 Å². The van der Waals surface area contributed by atoms with E-state index in [1.165, 1.54) is 0 Å². The van der Waals surface area contributed by atoms with Crippen molar-refractivity contribution in [2.24, 2.45) is 0 Å². The van der Waals surface area contributed by atoms with Gasteiger partial charge in [0.1, 0.15) is 27.3 Å². The molecule has 0 bridgehead atoms. The second kappa shape index (κ2) is 6.31. The number of hydrogen-bond acceptors (Lipinski definition) is 6.